The summed E-state index contributed by atoms with van der Waals surface area (Å²) in [5.74, 6) is -0.419. The minimum atomic E-state index is -4.67. The maximum absolute atomic E-state index is 10.7. The lowest BCUT2D eigenvalue weighted by molar-refractivity contribution is 0.248. The van der Waals surface area contributed by atoms with E-state index in [4.69, 9.17) is 40.5 Å². The largest absolute Gasteiger partial charge is 0.394 e. The molecule has 0 unspecified atom stereocenters. The van der Waals surface area contributed by atoms with Crippen molar-refractivity contribution in [1.82, 2.24) is 10.6 Å². The van der Waals surface area contributed by atoms with E-state index in [1.165, 1.54) is 0 Å². The molecule has 0 aromatic rings. The molecule has 4 amide bonds. The van der Waals surface area contributed by atoms with Crippen molar-refractivity contribution in [1.29, 1.82) is 0 Å². The number of rotatable bonds is 6. The molecular formula is C12H30N8O6S. The summed E-state index contributed by atoms with van der Waals surface area (Å²) >= 11 is 0. The Morgan fingerprint density at radius 2 is 1.07 bits per heavy atom. The van der Waals surface area contributed by atoms with Crippen molar-refractivity contribution in [3.63, 3.8) is 0 Å². The number of hydrogen-bond acceptors (Lipinski definition) is 4. The molecule has 0 aliphatic rings. The molecule has 0 atom stereocenters. The SMILES string of the molecule is CCCCNC(=O)N=C(N)N.CCCCNC(=O)N=C(N)N.O=S(=O)(O)O. The van der Waals surface area contributed by atoms with E-state index in [1.54, 1.807) is 0 Å². The van der Waals surface area contributed by atoms with Gasteiger partial charge < -0.3 is 33.6 Å². The number of urea groups is 2. The first kappa shape index (κ1) is 29.1. The van der Waals surface area contributed by atoms with Gasteiger partial charge in [0.1, 0.15) is 0 Å². The van der Waals surface area contributed by atoms with E-state index in [9.17, 15) is 9.59 Å². The van der Waals surface area contributed by atoms with E-state index in [0.29, 0.717) is 13.1 Å². The Morgan fingerprint density at radius 3 is 1.26 bits per heavy atom. The van der Waals surface area contributed by atoms with Gasteiger partial charge in [0, 0.05) is 13.1 Å². The lowest BCUT2D eigenvalue weighted by Crippen LogP contribution is -2.29. The van der Waals surface area contributed by atoms with Crippen LogP contribution in [-0.2, 0) is 10.4 Å². The first-order chi connectivity index (χ1) is 12.3. The molecule has 0 rings (SSSR count). The fourth-order valence-electron chi connectivity index (χ4n) is 1.06. The monoisotopic (exact) mass is 414 g/mol. The third-order valence-electron chi connectivity index (χ3n) is 2.07. The predicted octanol–water partition coefficient (Wildman–Crippen LogP) is -1.11. The minimum absolute atomic E-state index is 0.209. The van der Waals surface area contributed by atoms with Gasteiger partial charge in [0.25, 0.3) is 0 Å². The first-order valence-corrected chi connectivity index (χ1v) is 9.17. The van der Waals surface area contributed by atoms with Gasteiger partial charge in [-0.3, -0.25) is 9.11 Å². The van der Waals surface area contributed by atoms with Gasteiger partial charge in [0.2, 0.25) is 0 Å². The van der Waals surface area contributed by atoms with Gasteiger partial charge >= 0.3 is 22.5 Å². The number of nitrogens with zero attached hydrogens (tertiary/aromatic N) is 2. The number of carbonyl (C=O) groups is 2. The number of hydrogen-bond donors (Lipinski definition) is 8. The zero-order valence-corrected chi connectivity index (χ0v) is 16.2. The molecule has 0 aliphatic heterocycles. The van der Waals surface area contributed by atoms with Crippen molar-refractivity contribution in [3.8, 4) is 0 Å². The van der Waals surface area contributed by atoms with E-state index in [0.717, 1.165) is 25.7 Å². The molecule has 0 aromatic carbocycles. The maximum Gasteiger partial charge on any atom is 0.394 e. The fraction of sp³-hybridized carbons (Fsp3) is 0.667. The van der Waals surface area contributed by atoms with E-state index in [2.05, 4.69) is 20.6 Å². The Morgan fingerprint density at radius 1 is 0.815 bits per heavy atom. The summed E-state index contributed by atoms with van der Waals surface area (Å²) in [5.41, 5.74) is 19.9. The third-order valence-corrected chi connectivity index (χ3v) is 2.07. The summed E-state index contributed by atoms with van der Waals surface area (Å²) < 4.78 is 31.6. The minimum Gasteiger partial charge on any atom is -0.370 e. The number of guanidine groups is 2. The summed E-state index contributed by atoms with van der Waals surface area (Å²) in [5, 5.41) is 5.06. The van der Waals surface area contributed by atoms with Crippen LogP contribution in [0, 0.1) is 0 Å². The van der Waals surface area contributed by atoms with E-state index in [1.807, 2.05) is 13.8 Å². The van der Waals surface area contributed by atoms with E-state index >= 15 is 0 Å². The van der Waals surface area contributed by atoms with Crippen LogP contribution in [0.1, 0.15) is 39.5 Å². The molecule has 15 heteroatoms. The number of nitrogens with two attached hydrogens (primary N) is 4. The van der Waals surface area contributed by atoms with Crippen molar-refractivity contribution in [2.24, 2.45) is 32.9 Å². The first-order valence-electron chi connectivity index (χ1n) is 7.78. The highest BCUT2D eigenvalue weighted by Crippen LogP contribution is 1.83. The molecule has 0 radical (unpaired) electrons. The van der Waals surface area contributed by atoms with Crippen LogP contribution in [0.25, 0.3) is 0 Å². The molecule has 0 aromatic heterocycles. The molecule has 0 heterocycles. The van der Waals surface area contributed by atoms with Crippen molar-refractivity contribution in [3.05, 3.63) is 0 Å². The highest BCUT2D eigenvalue weighted by Gasteiger charge is 1.95. The lowest BCUT2D eigenvalue weighted by Gasteiger charge is -1.98. The molecule has 0 spiro atoms. The van der Waals surface area contributed by atoms with E-state index in [-0.39, 0.29) is 11.9 Å². The van der Waals surface area contributed by atoms with Crippen molar-refractivity contribution >= 4 is 34.4 Å². The van der Waals surface area contributed by atoms with Gasteiger partial charge in [0.15, 0.2) is 11.9 Å². The highest BCUT2D eigenvalue weighted by molar-refractivity contribution is 7.79. The Bertz CT molecular complexity index is 526. The van der Waals surface area contributed by atoms with Crippen LogP contribution in [0.2, 0.25) is 0 Å². The van der Waals surface area contributed by atoms with Gasteiger partial charge in [-0.1, -0.05) is 26.7 Å². The summed E-state index contributed by atoms with van der Waals surface area (Å²) in [7, 11) is -4.67. The summed E-state index contributed by atoms with van der Waals surface area (Å²) in [6.45, 7) is 5.30. The number of unbranched alkanes of at least 4 members (excludes halogenated alkanes) is 2. The second-order valence-corrected chi connectivity index (χ2v) is 5.59. The van der Waals surface area contributed by atoms with Gasteiger partial charge in [0.05, 0.1) is 0 Å². The number of aliphatic imine (C=N–C) groups is 2. The molecule has 0 fully saturated rings. The second kappa shape index (κ2) is 18.2. The molecule has 0 saturated heterocycles. The number of amides is 4. The van der Waals surface area contributed by atoms with Gasteiger partial charge in [-0.05, 0) is 12.8 Å². The van der Waals surface area contributed by atoms with Crippen molar-refractivity contribution < 1.29 is 27.1 Å². The van der Waals surface area contributed by atoms with Crippen LogP contribution >= 0.6 is 0 Å². The van der Waals surface area contributed by atoms with Crippen molar-refractivity contribution in [2.45, 2.75) is 39.5 Å². The Kier molecular flexibility index (Phi) is 19.6. The topological polar surface area (TPSA) is 262 Å². The average molecular weight is 414 g/mol. The van der Waals surface area contributed by atoms with Crippen LogP contribution in [0.5, 0.6) is 0 Å². The molecule has 12 N–H and O–H groups in total. The standard InChI is InChI=1S/2C6H14N4O.H2O4S/c2*1-2-3-4-9-6(11)10-5(7)8;1-5(2,3)4/h2*2-4H2,1H3,(H5,7,8,9,10,11);(H2,1,2,3,4). The van der Waals surface area contributed by atoms with Crippen molar-refractivity contribution in [2.75, 3.05) is 13.1 Å². The van der Waals surface area contributed by atoms with Crippen LogP contribution < -0.4 is 33.6 Å². The van der Waals surface area contributed by atoms with Crippen LogP contribution in [0.15, 0.2) is 9.98 Å². The smallest absolute Gasteiger partial charge is 0.370 e. The quantitative estimate of drug-likeness (QED) is 0.112. The van der Waals surface area contributed by atoms with E-state index < -0.39 is 22.5 Å². The Balaban J connectivity index is -0.000000344. The molecule has 160 valence electrons. The predicted molar refractivity (Wildman–Crippen MR) is 102 cm³/mol. The molecule has 14 nitrogen and oxygen atoms in total. The van der Waals surface area contributed by atoms with Gasteiger partial charge in [-0.2, -0.15) is 18.4 Å². The summed E-state index contributed by atoms with van der Waals surface area (Å²) in [6, 6.07) is -0.947. The fourth-order valence-corrected chi connectivity index (χ4v) is 1.06. The zero-order valence-electron chi connectivity index (χ0n) is 15.4. The molecule has 27 heavy (non-hydrogen) atoms. The highest BCUT2D eigenvalue weighted by atomic mass is 32.3. The average Bonchev–Trinajstić information content (AvgIpc) is 2.45. The third kappa shape index (κ3) is 45.2. The number of nitrogens with one attached hydrogen (secondary N) is 2. The molecule has 0 saturated carbocycles. The zero-order chi connectivity index (χ0) is 21.9. The Hall–Kier alpha value is -2.65. The van der Waals surface area contributed by atoms with Gasteiger partial charge in [-0.15, -0.1) is 0 Å². The molecular weight excluding hydrogens is 384 g/mol. The number of carbonyl (C=O) groups excluding carboxylic acids is 2. The molecule has 0 bridgehead atoms. The van der Waals surface area contributed by atoms with Crippen LogP contribution in [0.3, 0.4) is 0 Å². The summed E-state index contributed by atoms with van der Waals surface area (Å²) in [6.07, 6.45) is 3.93. The molecule has 0 aliphatic carbocycles. The van der Waals surface area contributed by atoms with Crippen LogP contribution in [0.4, 0.5) is 9.59 Å². The Labute approximate surface area is 158 Å². The second-order valence-electron chi connectivity index (χ2n) is 4.69. The lowest BCUT2D eigenvalue weighted by atomic mass is 10.3. The van der Waals surface area contributed by atoms with Crippen LogP contribution in [-0.4, -0.2) is 54.6 Å². The normalized spacial score (nSPS) is 9.33. The van der Waals surface area contributed by atoms with Gasteiger partial charge in [-0.25, -0.2) is 9.59 Å². The maximum atomic E-state index is 10.7. The summed E-state index contributed by atoms with van der Waals surface area (Å²) in [4.78, 5) is 27.9.